The van der Waals surface area contributed by atoms with Gasteiger partial charge in [0.05, 0.1) is 40.5 Å². The molecule has 0 bridgehead atoms. The second-order valence-corrected chi connectivity index (χ2v) is 8.06. The molecule has 37 heavy (non-hydrogen) atoms. The third-order valence-electron chi connectivity index (χ3n) is 4.73. The summed E-state index contributed by atoms with van der Waals surface area (Å²) >= 11 is 11.9. The molecule has 0 fully saturated rings. The Morgan fingerprint density at radius 3 is 2.35 bits per heavy atom. The number of esters is 1. The van der Waals surface area contributed by atoms with Gasteiger partial charge in [0.2, 0.25) is 0 Å². The highest BCUT2D eigenvalue weighted by Gasteiger charge is 2.17. The summed E-state index contributed by atoms with van der Waals surface area (Å²) in [5, 5.41) is 15.6. The highest BCUT2D eigenvalue weighted by atomic mass is 35.5. The van der Waals surface area contributed by atoms with E-state index in [1.54, 1.807) is 13.0 Å². The standard InChI is InChI=1S/C25H21Cl2N3O7/c1-3-35-22-9-5-15(12-23(22)36-4-2)25(32)37-21-10-7-18(30(33)34)11-16(21)14-28-29-24(31)19-8-6-17(26)13-20(19)27/h5-14H,3-4H2,1-2H3,(H,29,31)/b28-14+. The van der Waals surface area contributed by atoms with Gasteiger partial charge in [0.15, 0.2) is 11.5 Å². The van der Waals surface area contributed by atoms with Crippen LogP contribution in [-0.2, 0) is 0 Å². The molecule has 0 aliphatic rings. The predicted octanol–water partition coefficient (Wildman–Crippen LogP) is 5.68. The van der Waals surface area contributed by atoms with E-state index in [4.69, 9.17) is 37.4 Å². The molecule has 0 heterocycles. The fraction of sp³-hybridized carbons (Fsp3) is 0.160. The second-order valence-electron chi connectivity index (χ2n) is 7.22. The van der Waals surface area contributed by atoms with Crippen LogP contribution < -0.4 is 19.6 Å². The second kappa shape index (κ2) is 12.7. The lowest BCUT2D eigenvalue weighted by molar-refractivity contribution is -0.384. The van der Waals surface area contributed by atoms with E-state index in [1.807, 2.05) is 6.92 Å². The van der Waals surface area contributed by atoms with E-state index in [1.165, 1.54) is 42.5 Å². The van der Waals surface area contributed by atoms with Crippen LogP contribution in [0.3, 0.4) is 0 Å². The molecule has 0 atom stereocenters. The van der Waals surface area contributed by atoms with E-state index in [-0.39, 0.29) is 33.1 Å². The summed E-state index contributed by atoms with van der Waals surface area (Å²) in [4.78, 5) is 35.9. The fourth-order valence-electron chi connectivity index (χ4n) is 3.07. The normalized spacial score (nSPS) is 10.7. The lowest BCUT2D eigenvalue weighted by Gasteiger charge is -2.12. The largest absolute Gasteiger partial charge is 0.490 e. The highest BCUT2D eigenvalue weighted by Crippen LogP contribution is 2.30. The van der Waals surface area contributed by atoms with E-state index >= 15 is 0 Å². The SMILES string of the molecule is CCOc1ccc(C(=O)Oc2ccc([N+](=O)[O-])cc2/C=N/NC(=O)c2ccc(Cl)cc2Cl)cc1OCC. The Balaban J connectivity index is 1.84. The van der Waals surface area contributed by atoms with Crippen molar-refractivity contribution in [3.63, 3.8) is 0 Å². The lowest BCUT2D eigenvalue weighted by Crippen LogP contribution is -2.18. The van der Waals surface area contributed by atoms with Crippen molar-refractivity contribution >= 4 is 47.0 Å². The molecule has 0 saturated heterocycles. The number of halogens is 2. The summed E-state index contributed by atoms with van der Waals surface area (Å²) in [6.45, 7) is 4.38. The summed E-state index contributed by atoms with van der Waals surface area (Å²) in [5.74, 6) is -0.567. The number of amides is 1. The average Bonchev–Trinajstić information content (AvgIpc) is 2.86. The van der Waals surface area contributed by atoms with Crippen LogP contribution in [0.1, 0.15) is 40.1 Å². The molecule has 1 N–H and O–H groups in total. The maximum Gasteiger partial charge on any atom is 0.343 e. The first-order chi connectivity index (χ1) is 17.7. The smallest absolute Gasteiger partial charge is 0.343 e. The molecule has 1 amide bonds. The van der Waals surface area contributed by atoms with Gasteiger partial charge in [0.1, 0.15) is 5.75 Å². The van der Waals surface area contributed by atoms with E-state index < -0.39 is 16.8 Å². The number of benzene rings is 3. The number of carbonyl (C=O) groups excluding carboxylic acids is 2. The summed E-state index contributed by atoms with van der Waals surface area (Å²) in [6, 6.07) is 12.5. The molecule has 0 unspecified atom stereocenters. The minimum Gasteiger partial charge on any atom is -0.490 e. The topological polar surface area (TPSA) is 129 Å². The van der Waals surface area contributed by atoms with Gasteiger partial charge >= 0.3 is 5.97 Å². The van der Waals surface area contributed by atoms with Gasteiger partial charge in [-0.1, -0.05) is 23.2 Å². The zero-order valence-corrected chi connectivity index (χ0v) is 21.2. The first-order valence-electron chi connectivity index (χ1n) is 10.9. The molecule has 0 aromatic heterocycles. The molecule has 0 spiro atoms. The van der Waals surface area contributed by atoms with Crippen LogP contribution in [0, 0.1) is 10.1 Å². The number of nitrogens with one attached hydrogen (secondary N) is 1. The third-order valence-corrected chi connectivity index (χ3v) is 5.28. The molecule has 0 saturated carbocycles. The van der Waals surface area contributed by atoms with Crippen LogP contribution >= 0.6 is 23.2 Å². The zero-order valence-electron chi connectivity index (χ0n) is 19.7. The Kier molecular flexibility index (Phi) is 9.42. The van der Waals surface area contributed by atoms with Crippen LogP contribution in [0.5, 0.6) is 17.2 Å². The Morgan fingerprint density at radius 1 is 0.973 bits per heavy atom. The van der Waals surface area contributed by atoms with Crippen LogP contribution in [0.15, 0.2) is 59.7 Å². The maximum atomic E-state index is 12.9. The minimum atomic E-state index is -0.746. The Hall–Kier alpha value is -4.15. The lowest BCUT2D eigenvalue weighted by atomic mass is 10.1. The molecule has 192 valence electrons. The molecule has 10 nitrogen and oxygen atoms in total. The van der Waals surface area contributed by atoms with Gasteiger partial charge in [-0.25, -0.2) is 10.2 Å². The summed E-state index contributed by atoms with van der Waals surface area (Å²) in [5.41, 5.74) is 2.36. The average molecular weight is 546 g/mol. The van der Waals surface area contributed by atoms with E-state index in [0.29, 0.717) is 29.7 Å². The van der Waals surface area contributed by atoms with Crippen LogP contribution in [-0.4, -0.2) is 36.2 Å². The summed E-state index contributed by atoms with van der Waals surface area (Å²) < 4.78 is 16.5. The van der Waals surface area contributed by atoms with Crippen molar-refractivity contribution in [1.82, 2.24) is 5.43 Å². The molecule has 3 aromatic carbocycles. The first-order valence-corrected chi connectivity index (χ1v) is 11.7. The molecule has 0 aliphatic carbocycles. The van der Waals surface area contributed by atoms with Crippen molar-refractivity contribution in [2.45, 2.75) is 13.8 Å². The Bertz CT molecular complexity index is 1360. The van der Waals surface area contributed by atoms with Crippen molar-refractivity contribution < 1.29 is 28.7 Å². The van der Waals surface area contributed by atoms with E-state index in [9.17, 15) is 19.7 Å². The number of nitrogens with zero attached hydrogens (tertiary/aromatic N) is 2. The minimum absolute atomic E-state index is 0.0232. The van der Waals surface area contributed by atoms with Gasteiger partial charge in [-0.3, -0.25) is 14.9 Å². The third kappa shape index (κ3) is 7.18. The van der Waals surface area contributed by atoms with Crippen LogP contribution in [0.4, 0.5) is 5.69 Å². The van der Waals surface area contributed by atoms with Crippen molar-refractivity contribution in [1.29, 1.82) is 0 Å². The van der Waals surface area contributed by atoms with Crippen molar-refractivity contribution in [2.24, 2.45) is 5.10 Å². The zero-order chi connectivity index (χ0) is 26.9. The summed E-state index contributed by atoms with van der Waals surface area (Å²) in [6.07, 6.45) is 1.11. The van der Waals surface area contributed by atoms with Gasteiger partial charge in [0, 0.05) is 22.7 Å². The quantitative estimate of drug-likeness (QED) is 0.114. The van der Waals surface area contributed by atoms with Gasteiger partial charge in [0.25, 0.3) is 11.6 Å². The number of ether oxygens (including phenoxy) is 3. The van der Waals surface area contributed by atoms with E-state index in [0.717, 1.165) is 12.3 Å². The number of nitro groups is 1. The van der Waals surface area contributed by atoms with Crippen molar-refractivity contribution in [3.8, 4) is 17.2 Å². The number of carbonyl (C=O) groups is 2. The molecular weight excluding hydrogens is 525 g/mol. The number of nitro benzene ring substituents is 1. The summed E-state index contributed by atoms with van der Waals surface area (Å²) in [7, 11) is 0. The Labute approximate surface area is 221 Å². The van der Waals surface area contributed by atoms with Gasteiger partial charge in [-0.05, 0) is 56.3 Å². The van der Waals surface area contributed by atoms with Gasteiger partial charge in [-0.2, -0.15) is 5.10 Å². The number of rotatable bonds is 10. The van der Waals surface area contributed by atoms with Crippen molar-refractivity contribution in [3.05, 3.63) is 91.4 Å². The number of hydrogen-bond donors (Lipinski definition) is 1. The van der Waals surface area contributed by atoms with Crippen LogP contribution in [0.25, 0.3) is 0 Å². The van der Waals surface area contributed by atoms with Crippen LogP contribution in [0.2, 0.25) is 10.0 Å². The molecular formula is C25H21Cl2N3O7. The first kappa shape index (κ1) is 27.4. The molecule has 0 radical (unpaired) electrons. The maximum absolute atomic E-state index is 12.9. The highest BCUT2D eigenvalue weighted by molar-refractivity contribution is 6.36. The molecule has 3 rings (SSSR count). The monoisotopic (exact) mass is 545 g/mol. The number of hydrazone groups is 1. The van der Waals surface area contributed by atoms with Crippen molar-refractivity contribution in [2.75, 3.05) is 13.2 Å². The molecule has 12 heteroatoms. The Morgan fingerprint density at radius 2 is 1.68 bits per heavy atom. The number of non-ortho nitro benzene ring substituents is 1. The van der Waals surface area contributed by atoms with Gasteiger partial charge in [-0.15, -0.1) is 0 Å². The van der Waals surface area contributed by atoms with Gasteiger partial charge < -0.3 is 14.2 Å². The van der Waals surface area contributed by atoms with E-state index in [2.05, 4.69) is 10.5 Å². The fourth-order valence-corrected chi connectivity index (χ4v) is 3.57. The predicted molar refractivity (Wildman–Crippen MR) is 138 cm³/mol. The molecule has 0 aliphatic heterocycles. The molecule has 3 aromatic rings. The number of hydrogen-bond acceptors (Lipinski definition) is 8.